The molecule has 1 amide bonds. The Balaban J connectivity index is 1.42. The lowest BCUT2D eigenvalue weighted by molar-refractivity contribution is -0.121. The van der Waals surface area contributed by atoms with E-state index in [9.17, 15) is 4.79 Å². The smallest absolute Gasteiger partial charge is 0.222 e. The molecule has 1 N–H and O–H groups in total. The highest BCUT2D eigenvalue weighted by atomic mass is 16.1. The fourth-order valence-electron chi connectivity index (χ4n) is 4.18. The number of fused-ring (bicyclic) bond motifs is 1. The van der Waals surface area contributed by atoms with E-state index in [0.717, 1.165) is 26.1 Å². The highest BCUT2D eigenvalue weighted by Crippen LogP contribution is 2.26. The molecule has 138 valence electrons. The van der Waals surface area contributed by atoms with Crippen LogP contribution in [0.25, 0.3) is 0 Å². The summed E-state index contributed by atoms with van der Waals surface area (Å²) < 4.78 is 0. The molecule has 0 radical (unpaired) electrons. The number of carbonyl (C=O) groups is 1. The molecule has 4 nitrogen and oxygen atoms in total. The molecule has 1 aromatic carbocycles. The number of nitrogens with one attached hydrogen (secondary N) is 1. The van der Waals surface area contributed by atoms with Gasteiger partial charge in [0.1, 0.15) is 0 Å². The van der Waals surface area contributed by atoms with Gasteiger partial charge in [-0.05, 0) is 57.3 Å². The van der Waals surface area contributed by atoms with Crippen molar-refractivity contribution in [3.05, 3.63) is 29.8 Å². The molecular weight excluding hydrogens is 310 g/mol. The molecule has 25 heavy (non-hydrogen) atoms. The Morgan fingerprint density at radius 3 is 2.64 bits per heavy atom. The molecule has 2 heterocycles. The zero-order chi connectivity index (χ0) is 17.5. The second-order valence-corrected chi connectivity index (χ2v) is 7.65. The van der Waals surface area contributed by atoms with Crippen molar-refractivity contribution < 1.29 is 4.79 Å². The Kier molecular flexibility index (Phi) is 6.74. The van der Waals surface area contributed by atoms with Crippen molar-refractivity contribution in [3.8, 4) is 0 Å². The summed E-state index contributed by atoms with van der Waals surface area (Å²) in [6.07, 6.45) is 8.24. The van der Waals surface area contributed by atoms with E-state index >= 15 is 0 Å². The minimum atomic E-state index is 0.186. The molecule has 3 rings (SSSR count). The molecule has 0 aliphatic carbocycles. The van der Waals surface area contributed by atoms with E-state index in [-0.39, 0.29) is 11.9 Å². The molecule has 1 atom stereocenters. The Morgan fingerprint density at radius 1 is 1.08 bits per heavy atom. The number of hydrogen-bond donors (Lipinski definition) is 1. The average molecular weight is 344 g/mol. The molecule has 0 spiro atoms. The van der Waals surface area contributed by atoms with E-state index < -0.39 is 0 Å². The number of amides is 1. The van der Waals surface area contributed by atoms with Crippen molar-refractivity contribution in [2.45, 2.75) is 57.9 Å². The molecule has 1 unspecified atom stereocenters. The summed E-state index contributed by atoms with van der Waals surface area (Å²) in [4.78, 5) is 17.2. The van der Waals surface area contributed by atoms with Gasteiger partial charge in [-0.1, -0.05) is 31.0 Å². The van der Waals surface area contributed by atoms with Crippen LogP contribution in [-0.2, 0) is 11.2 Å². The van der Waals surface area contributed by atoms with E-state index in [2.05, 4.69) is 46.3 Å². The quantitative estimate of drug-likeness (QED) is 0.861. The fraction of sp³-hybridized carbons (Fsp3) is 0.667. The van der Waals surface area contributed by atoms with E-state index in [1.165, 1.54) is 56.4 Å². The topological polar surface area (TPSA) is 35.6 Å². The molecule has 2 aliphatic heterocycles. The monoisotopic (exact) mass is 343 g/mol. The predicted octanol–water partition coefficient (Wildman–Crippen LogP) is 3.21. The van der Waals surface area contributed by atoms with Gasteiger partial charge < -0.3 is 15.1 Å². The number of para-hydroxylation sites is 1. The Labute approximate surface area is 152 Å². The lowest BCUT2D eigenvalue weighted by Crippen LogP contribution is -2.43. The zero-order valence-electron chi connectivity index (χ0n) is 15.7. The number of hydrogen-bond acceptors (Lipinski definition) is 3. The Hall–Kier alpha value is -1.55. The summed E-state index contributed by atoms with van der Waals surface area (Å²) in [6.45, 7) is 7.37. The number of anilines is 1. The van der Waals surface area contributed by atoms with Crippen molar-refractivity contribution in [2.75, 3.05) is 37.6 Å². The molecule has 4 heteroatoms. The maximum atomic E-state index is 12.4. The van der Waals surface area contributed by atoms with Crippen molar-refractivity contribution in [2.24, 2.45) is 0 Å². The van der Waals surface area contributed by atoms with Gasteiger partial charge in [-0.25, -0.2) is 0 Å². The largest absolute Gasteiger partial charge is 0.371 e. The first-order valence-electron chi connectivity index (χ1n) is 10.1. The van der Waals surface area contributed by atoms with E-state index in [0.29, 0.717) is 6.42 Å². The molecule has 2 aliphatic rings. The Bertz CT molecular complexity index is 552. The number of carbonyl (C=O) groups excluding carboxylic acids is 1. The summed E-state index contributed by atoms with van der Waals surface area (Å²) in [5.41, 5.74) is 2.74. The van der Waals surface area contributed by atoms with Crippen molar-refractivity contribution in [1.29, 1.82) is 0 Å². The second kappa shape index (κ2) is 9.23. The van der Waals surface area contributed by atoms with Crippen LogP contribution in [-0.4, -0.2) is 49.6 Å². The van der Waals surface area contributed by atoms with Crippen molar-refractivity contribution in [3.63, 3.8) is 0 Å². The first-order valence-corrected chi connectivity index (χ1v) is 10.1. The summed E-state index contributed by atoms with van der Waals surface area (Å²) in [5, 5.41) is 3.20. The third kappa shape index (κ3) is 5.46. The summed E-state index contributed by atoms with van der Waals surface area (Å²) in [7, 11) is 0. The third-order valence-electron chi connectivity index (χ3n) is 5.45. The summed E-state index contributed by atoms with van der Waals surface area (Å²) in [6, 6.07) is 8.85. The first-order chi connectivity index (χ1) is 12.2. The van der Waals surface area contributed by atoms with Crippen LogP contribution in [0.3, 0.4) is 0 Å². The van der Waals surface area contributed by atoms with Crippen LogP contribution < -0.4 is 10.2 Å². The van der Waals surface area contributed by atoms with Crippen LogP contribution in [0.2, 0.25) is 0 Å². The van der Waals surface area contributed by atoms with Crippen LogP contribution in [0.4, 0.5) is 5.69 Å². The lowest BCUT2D eigenvalue weighted by Gasteiger charge is -2.31. The van der Waals surface area contributed by atoms with Crippen molar-refractivity contribution >= 4 is 11.6 Å². The second-order valence-electron chi connectivity index (χ2n) is 7.65. The van der Waals surface area contributed by atoms with Gasteiger partial charge in [0.2, 0.25) is 5.91 Å². The average Bonchev–Trinajstić information content (AvgIpc) is 2.88. The van der Waals surface area contributed by atoms with Gasteiger partial charge >= 0.3 is 0 Å². The molecule has 0 aromatic heterocycles. The third-order valence-corrected chi connectivity index (χ3v) is 5.45. The van der Waals surface area contributed by atoms with Gasteiger partial charge in [0.05, 0.1) is 0 Å². The molecule has 1 aromatic rings. The lowest BCUT2D eigenvalue weighted by atomic mass is 10.0. The minimum absolute atomic E-state index is 0.186. The number of likely N-dealkylation sites (tertiary alicyclic amines) is 1. The highest BCUT2D eigenvalue weighted by molar-refractivity contribution is 5.77. The van der Waals surface area contributed by atoms with E-state index in [1.807, 2.05) is 0 Å². The molecule has 0 bridgehead atoms. The normalized spacial score (nSPS) is 19.8. The van der Waals surface area contributed by atoms with Crippen LogP contribution in [0.1, 0.15) is 51.0 Å². The number of nitrogens with zero attached hydrogens (tertiary/aromatic N) is 2. The number of benzene rings is 1. The molecular formula is C21H33N3O. The van der Waals surface area contributed by atoms with Gasteiger partial charge in [0.15, 0.2) is 0 Å². The van der Waals surface area contributed by atoms with Crippen molar-refractivity contribution in [1.82, 2.24) is 10.2 Å². The van der Waals surface area contributed by atoms with Crippen LogP contribution in [0.15, 0.2) is 24.3 Å². The van der Waals surface area contributed by atoms with Crippen LogP contribution in [0, 0.1) is 0 Å². The number of aryl methyl sites for hydroxylation is 1. The van der Waals surface area contributed by atoms with Gasteiger partial charge in [-0.3, -0.25) is 4.79 Å². The SMILES string of the molecule is CC(CN1CCCCCC1)NC(=O)CCN1CCCc2ccccc21. The van der Waals surface area contributed by atoms with Gasteiger partial charge in [-0.15, -0.1) is 0 Å². The summed E-state index contributed by atoms with van der Waals surface area (Å²) in [5.74, 6) is 0.186. The maximum absolute atomic E-state index is 12.4. The maximum Gasteiger partial charge on any atom is 0.222 e. The van der Waals surface area contributed by atoms with Crippen LogP contribution >= 0.6 is 0 Å². The highest BCUT2D eigenvalue weighted by Gasteiger charge is 2.18. The molecule has 0 saturated carbocycles. The predicted molar refractivity (Wildman–Crippen MR) is 104 cm³/mol. The van der Waals surface area contributed by atoms with E-state index in [1.54, 1.807) is 0 Å². The van der Waals surface area contributed by atoms with Gasteiger partial charge in [0.25, 0.3) is 0 Å². The first kappa shape index (κ1) is 18.2. The number of rotatable bonds is 6. The molecule has 1 saturated heterocycles. The summed E-state index contributed by atoms with van der Waals surface area (Å²) >= 11 is 0. The zero-order valence-corrected chi connectivity index (χ0v) is 15.7. The standard InChI is InChI=1S/C21H33N3O/c1-18(17-23-13-6-2-3-7-14-23)22-21(25)12-16-24-15-8-10-19-9-4-5-11-20(19)24/h4-5,9,11,18H,2-3,6-8,10,12-17H2,1H3,(H,22,25). The molecule has 1 fully saturated rings. The van der Waals surface area contributed by atoms with Gasteiger partial charge in [-0.2, -0.15) is 0 Å². The minimum Gasteiger partial charge on any atom is -0.371 e. The fourth-order valence-corrected chi connectivity index (χ4v) is 4.18. The van der Waals surface area contributed by atoms with Gasteiger partial charge in [0, 0.05) is 37.8 Å². The van der Waals surface area contributed by atoms with E-state index in [4.69, 9.17) is 0 Å². The van der Waals surface area contributed by atoms with Crippen LogP contribution in [0.5, 0.6) is 0 Å². The Morgan fingerprint density at radius 2 is 1.84 bits per heavy atom.